The molecular formula is C6H14N2. The normalized spacial score (nSPS) is 10.2. The highest BCUT2D eigenvalue weighted by molar-refractivity contribution is 4.77. The van der Waals surface area contributed by atoms with E-state index in [9.17, 15) is 0 Å². The molecule has 3 N–H and O–H groups in total. The summed E-state index contributed by atoms with van der Waals surface area (Å²) in [5, 5.41) is 3.03. The van der Waals surface area contributed by atoms with Crippen molar-refractivity contribution in [2.45, 2.75) is 13.3 Å². The highest BCUT2D eigenvalue weighted by atomic mass is 14.8. The molecule has 2 nitrogen and oxygen atoms in total. The van der Waals surface area contributed by atoms with Gasteiger partial charge in [-0.15, -0.1) is 0 Å². The fraction of sp³-hybridized carbons (Fsp3) is 0.667. The van der Waals surface area contributed by atoms with Gasteiger partial charge in [-0.2, -0.15) is 0 Å². The van der Waals surface area contributed by atoms with Gasteiger partial charge in [0.25, 0.3) is 0 Å². The van der Waals surface area contributed by atoms with E-state index in [2.05, 4.69) is 18.3 Å². The predicted molar refractivity (Wildman–Crippen MR) is 36.5 cm³/mol. The fourth-order valence-electron chi connectivity index (χ4n) is 0.368. The van der Waals surface area contributed by atoms with Crippen LogP contribution in [0.2, 0.25) is 0 Å². The summed E-state index contributed by atoms with van der Waals surface area (Å²) in [5.41, 5.74) is 5.21. The third-order valence-corrected chi connectivity index (χ3v) is 0.760. The molecular weight excluding hydrogens is 100 g/mol. The van der Waals surface area contributed by atoms with Crippen LogP contribution >= 0.6 is 0 Å². The average molecular weight is 114 g/mol. The number of hydrogen-bond donors (Lipinski definition) is 2. The Morgan fingerprint density at radius 3 is 2.88 bits per heavy atom. The lowest BCUT2D eigenvalue weighted by atomic mass is 10.5. The van der Waals surface area contributed by atoms with Crippen molar-refractivity contribution < 1.29 is 0 Å². The molecule has 0 bridgehead atoms. The third-order valence-electron chi connectivity index (χ3n) is 0.760. The van der Waals surface area contributed by atoms with Gasteiger partial charge in [0.15, 0.2) is 0 Å². The van der Waals surface area contributed by atoms with Gasteiger partial charge in [-0.1, -0.05) is 13.0 Å². The lowest BCUT2D eigenvalue weighted by molar-refractivity contribution is 0.838. The van der Waals surface area contributed by atoms with E-state index in [0.29, 0.717) is 6.54 Å². The molecule has 0 aliphatic rings. The van der Waals surface area contributed by atoms with Gasteiger partial charge in [-0.25, -0.2) is 0 Å². The molecule has 0 rings (SSSR count). The quantitative estimate of drug-likeness (QED) is 0.521. The first-order valence-electron chi connectivity index (χ1n) is 3.00. The second-order valence-corrected chi connectivity index (χ2v) is 1.55. The van der Waals surface area contributed by atoms with Crippen molar-refractivity contribution in [2.24, 2.45) is 5.73 Å². The fourth-order valence-corrected chi connectivity index (χ4v) is 0.368. The van der Waals surface area contributed by atoms with E-state index in [-0.39, 0.29) is 0 Å². The van der Waals surface area contributed by atoms with E-state index in [1.165, 1.54) is 0 Å². The molecule has 0 atom stereocenters. The minimum atomic E-state index is 0.702. The summed E-state index contributed by atoms with van der Waals surface area (Å²) in [6, 6.07) is 0. The highest BCUT2D eigenvalue weighted by Gasteiger charge is 1.70. The van der Waals surface area contributed by atoms with Crippen LogP contribution in [0.5, 0.6) is 0 Å². The lowest BCUT2D eigenvalue weighted by Crippen LogP contribution is -2.16. The third kappa shape index (κ3) is 5.50. The Morgan fingerprint density at radius 1 is 1.62 bits per heavy atom. The van der Waals surface area contributed by atoms with Gasteiger partial charge in [0.2, 0.25) is 0 Å². The van der Waals surface area contributed by atoms with Crippen LogP contribution in [0.15, 0.2) is 12.3 Å². The summed E-state index contributed by atoms with van der Waals surface area (Å²) in [5.74, 6) is 0. The standard InChI is InChI=1S/C6H14N2/c1-2-3-5-8-6-4-7/h3,5,8H,2,4,6-7H2,1H3/b5-3+. The second-order valence-electron chi connectivity index (χ2n) is 1.55. The van der Waals surface area contributed by atoms with Gasteiger partial charge in [0.05, 0.1) is 0 Å². The molecule has 0 aromatic heterocycles. The number of hydrogen-bond acceptors (Lipinski definition) is 2. The average Bonchev–Trinajstić information content (AvgIpc) is 1.81. The number of nitrogens with two attached hydrogens (primary N) is 1. The van der Waals surface area contributed by atoms with Crippen molar-refractivity contribution >= 4 is 0 Å². The second kappa shape index (κ2) is 6.50. The molecule has 48 valence electrons. The van der Waals surface area contributed by atoms with Gasteiger partial charge in [0, 0.05) is 13.1 Å². The maximum Gasteiger partial charge on any atom is 0.0264 e. The molecule has 2 heteroatoms. The SMILES string of the molecule is CC/C=C/NCCN. The summed E-state index contributed by atoms with van der Waals surface area (Å²) in [4.78, 5) is 0. The zero-order chi connectivity index (χ0) is 6.24. The summed E-state index contributed by atoms with van der Waals surface area (Å²) >= 11 is 0. The van der Waals surface area contributed by atoms with E-state index in [1.807, 2.05) is 6.20 Å². The van der Waals surface area contributed by atoms with Crippen molar-refractivity contribution in [2.75, 3.05) is 13.1 Å². The Morgan fingerprint density at radius 2 is 2.38 bits per heavy atom. The Balaban J connectivity index is 2.80. The molecule has 0 saturated heterocycles. The molecule has 0 aromatic rings. The van der Waals surface area contributed by atoms with Crippen molar-refractivity contribution in [3.63, 3.8) is 0 Å². The number of allylic oxidation sites excluding steroid dienone is 1. The van der Waals surface area contributed by atoms with Crippen molar-refractivity contribution in [3.05, 3.63) is 12.3 Å². The topological polar surface area (TPSA) is 38.0 Å². The van der Waals surface area contributed by atoms with Gasteiger partial charge in [-0.3, -0.25) is 0 Å². The van der Waals surface area contributed by atoms with E-state index in [1.54, 1.807) is 0 Å². The molecule has 0 unspecified atom stereocenters. The van der Waals surface area contributed by atoms with Crippen LogP contribution in [0.3, 0.4) is 0 Å². The van der Waals surface area contributed by atoms with Gasteiger partial charge < -0.3 is 11.1 Å². The van der Waals surface area contributed by atoms with Crippen molar-refractivity contribution in [3.8, 4) is 0 Å². The summed E-state index contributed by atoms with van der Waals surface area (Å²) in [7, 11) is 0. The van der Waals surface area contributed by atoms with Crippen LogP contribution in [0.1, 0.15) is 13.3 Å². The zero-order valence-electron chi connectivity index (χ0n) is 5.35. The summed E-state index contributed by atoms with van der Waals surface area (Å²) < 4.78 is 0. The van der Waals surface area contributed by atoms with Gasteiger partial charge >= 0.3 is 0 Å². The molecule has 0 heterocycles. The van der Waals surface area contributed by atoms with Crippen LogP contribution in [0, 0.1) is 0 Å². The highest BCUT2D eigenvalue weighted by Crippen LogP contribution is 1.73. The molecule has 0 aromatic carbocycles. The van der Waals surface area contributed by atoms with E-state index >= 15 is 0 Å². The molecule has 0 radical (unpaired) electrons. The monoisotopic (exact) mass is 114 g/mol. The molecule has 0 saturated carbocycles. The van der Waals surface area contributed by atoms with Gasteiger partial charge in [0.1, 0.15) is 0 Å². The molecule has 0 fully saturated rings. The van der Waals surface area contributed by atoms with Gasteiger partial charge in [-0.05, 0) is 12.6 Å². The Bertz CT molecular complexity index is 59.5. The Kier molecular flexibility index (Phi) is 6.09. The Labute approximate surface area is 50.8 Å². The predicted octanol–water partition coefficient (Wildman–Crippen LogP) is 0.458. The Hall–Kier alpha value is -0.500. The first kappa shape index (κ1) is 7.50. The molecule has 0 spiro atoms. The first-order chi connectivity index (χ1) is 3.91. The van der Waals surface area contributed by atoms with Crippen LogP contribution in [-0.2, 0) is 0 Å². The maximum atomic E-state index is 5.21. The van der Waals surface area contributed by atoms with Crippen LogP contribution in [0.25, 0.3) is 0 Å². The van der Waals surface area contributed by atoms with Crippen molar-refractivity contribution in [1.29, 1.82) is 0 Å². The van der Waals surface area contributed by atoms with Crippen LogP contribution in [0.4, 0.5) is 0 Å². The molecule has 0 aliphatic carbocycles. The number of rotatable bonds is 4. The van der Waals surface area contributed by atoms with Crippen LogP contribution in [-0.4, -0.2) is 13.1 Å². The lowest BCUT2D eigenvalue weighted by Gasteiger charge is -1.92. The van der Waals surface area contributed by atoms with E-state index in [4.69, 9.17) is 5.73 Å². The smallest absolute Gasteiger partial charge is 0.0264 e. The zero-order valence-corrected chi connectivity index (χ0v) is 5.35. The summed E-state index contributed by atoms with van der Waals surface area (Å²) in [6.45, 7) is 3.67. The van der Waals surface area contributed by atoms with E-state index in [0.717, 1.165) is 13.0 Å². The number of nitrogens with one attached hydrogen (secondary N) is 1. The first-order valence-corrected chi connectivity index (χ1v) is 3.00. The largest absolute Gasteiger partial charge is 0.390 e. The molecule has 0 aliphatic heterocycles. The molecule has 8 heavy (non-hydrogen) atoms. The minimum absolute atomic E-state index is 0.702. The van der Waals surface area contributed by atoms with E-state index < -0.39 is 0 Å². The summed E-state index contributed by atoms with van der Waals surface area (Å²) in [6.07, 6.45) is 5.08. The maximum absolute atomic E-state index is 5.21. The van der Waals surface area contributed by atoms with Crippen LogP contribution < -0.4 is 11.1 Å². The van der Waals surface area contributed by atoms with Crippen molar-refractivity contribution in [1.82, 2.24) is 5.32 Å². The minimum Gasteiger partial charge on any atom is -0.390 e. The molecule has 0 amide bonds.